The van der Waals surface area contributed by atoms with Gasteiger partial charge in [0.1, 0.15) is 12.4 Å². The van der Waals surface area contributed by atoms with E-state index in [1.54, 1.807) is 18.3 Å². The molecule has 3 rings (SSSR count). The summed E-state index contributed by atoms with van der Waals surface area (Å²) in [7, 11) is 0. The first-order chi connectivity index (χ1) is 12.5. The molecule has 0 atom stereocenters. The van der Waals surface area contributed by atoms with E-state index in [4.69, 9.17) is 9.84 Å². The molecule has 0 saturated heterocycles. The molecule has 0 radical (unpaired) electrons. The van der Waals surface area contributed by atoms with Gasteiger partial charge in [0.15, 0.2) is 5.78 Å². The average molecular weight is 417 g/mol. The Morgan fingerprint density at radius 3 is 2.85 bits per heavy atom. The van der Waals surface area contributed by atoms with E-state index in [9.17, 15) is 4.79 Å². The minimum atomic E-state index is -0.511. The molecule has 1 N–H and O–H groups in total. The Balaban J connectivity index is 1.97. The zero-order valence-electron chi connectivity index (χ0n) is 14.8. The van der Waals surface area contributed by atoms with E-state index in [0.29, 0.717) is 24.6 Å². The van der Waals surface area contributed by atoms with E-state index in [1.165, 1.54) is 0 Å². The largest absolute Gasteiger partial charge is 0.493 e. The molecule has 0 aliphatic rings. The second-order valence-electron chi connectivity index (χ2n) is 6.58. The second-order valence-corrected chi connectivity index (χ2v) is 7.49. The van der Waals surface area contributed by atoms with Crippen LogP contribution < -0.4 is 4.74 Å². The monoisotopic (exact) mass is 416 g/mol. The Morgan fingerprint density at radius 2 is 2.12 bits per heavy atom. The fraction of sp³-hybridized carbons (Fsp3) is 0.300. The Hall–Kier alpha value is -2.18. The van der Waals surface area contributed by atoms with Crippen molar-refractivity contribution >= 4 is 32.6 Å². The number of benzene rings is 2. The van der Waals surface area contributed by atoms with Crippen LogP contribution in [0.2, 0.25) is 0 Å². The molecule has 1 aromatic heterocycles. The number of ketones is 1. The third kappa shape index (κ3) is 3.97. The molecule has 5 nitrogen and oxygen atoms in total. The number of hydrogen-bond donors (Lipinski definition) is 1. The summed E-state index contributed by atoms with van der Waals surface area (Å²) in [6.45, 7) is 4.87. The predicted molar refractivity (Wildman–Crippen MR) is 105 cm³/mol. The Morgan fingerprint density at radius 1 is 1.31 bits per heavy atom. The number of rotatable bonds is 7. The molecule has 0 amide bonds. The van der Waals surface area contributed by atoms with Gasteiger partial charge in [-0.05, 0) is 30.2 Å². The van der Waals surface area contributed by atoms with Crippen molar-refractivity contribution in [3.63, 3.8) is 0 Å². The number of aliphatic hydroxyl groups excluding tert-OH is 1. The number of ether oxygens (including phenoxy) is 1. The van der Waals surface area contributed by atoms with E-state index in [1.807, 2.05) is 28.9 Å². The van der Waals surface area contributed by atoms with Gasteiger partial charge in [-0.3, -0.25) is 9.48 Å². The van der Waals surface area contributed by atoms with E-state index >= 15 is 0 Å². The summed E-state index contributed by atoms with van der Waals surface area (Å²) in [6, 6.07) is 11.4. The minimum Gasteiger partial charge on any atom is -0.493 e. The van der Waals surface area contributed by atoms with Crippen LogP contribution in [-0.4, -0.2) is 33.9 Å². The molecular weight excluding hydrogens is 396 g/mol. The van der Waals surface area contributed by atoms with Gasteiger partial charge in [0.25, 0.3) is 0 Å². The minimum absolute atomic E-state index is 0.307. The third-order valence-corrected chi connectivity index (χ3v) is 4.54. The van der Waals surface area contributed by atoms with Gasteiger partial charge in [0.05, 0.1) is 24.9 Å². The standard InChI is InChI=1S/C20H21BrN2O3/c1-13(2)12-26-20-7-6-15(21)8-14(20)10-23-18-5-3-4-16(19(25)11-24)17(18)9-22-23/h3-9,13,24H,10-12H2,1-2H3. The zero-order chi connectivity index (χ0) is 18.7. The molecule has 0 bridgehead atoms. The third-order valence-electron chi connectivity index (χ3n) is 4.05. The van der Waals surface area contributed by atoms with E-state index < -0.39 is 6.61 Å². The van der Waals surface area contributed by atoms with Crippen LogP contribution in [0.3, 0.4) is 0 Å². The second kappa shape index (κ2) is 8.01. The van der Waals surface area contributed by atoms with Crippen LogP contribution in [0.25, 0.3) is 10.9 Å². The van der Waals surface area contributed by atoms with Gasteiger partial charge in [-0.2, -0.15) is 5.10 Å². The first-order valence-electron chi connectivity index (χ1n) is 8.49. The molecule has 0 spiro atoms. The van der Waals surface area contributed by atoms with Gasteiger partial charge in [-0.15, -0.1) is 0 Å². The van der Waals surface area contributed by atoms with Crippen molar-refractivity contribution < 1.29 is 14.6 Å². The lowest BCUT2D eigenvalue weighted by Crippen LogP contribution is -2.09. The highest BCUT2D eigenvalue weighted by atomic mass is 79.9. The van der Waals surface area contributed by atoms with Gasteiger partial charge in [-0.1, -0.05) is 41.9 Å². The summed E-state index contributed by atoms with van der Waals surface area (Å²) in [5.74, 6) is 0.954. The van der Waals surface area contributed by atoms with Crippen molar-refractivity contribution in [2.24, 2.45) is 5.92 Å². The maximum Gasteiger partial charge on any atom is 0.188 e. The number of aliphatic hydroxyl groups is 1. The van der Waals surface area contributed by atoms with Gasteiger partial charge in [0.2, 0.25) is 0 Å². The van der Waals surface area contributed by atoms with Gasteiger partial charge < -0.3 is 9.84 Å². The zero-order valence-corrected chi connectivity index (χ0v) is 16.4. The first kappa shape index (κ1) is 18.6. The lowest BCUT2D eigenvalue weighted by atomic mass is 10.1. The van der Waals surface area contributed by atoms with Crippen molar-refractivity contribution in [2.75, 3.05) is 13.2 Å². The van der Waals surface area contributed by atoms with Crippen LogP contribution in [0.1, 0.15) is 29.8 Å². The molecule has 0 unspecified atom stereocenters. The van der Waals surface area contributed by atoms with E-state index in [-0.39, 0.29) is 5.78 Å². The van der Waals surface area contributed by atoms with Crippen molar-refractivity contribution in [3.05, 3.63) is 58.2 Å². The van der Waals surface area contributed by atoms with Gasteiger partial charge in [-0.25, -0.2) is 0 Å². The van der Waals surface area contributed by atoms with E-state index in [2.05, 4.69) is 34.9 Å². The molecular formula is C20H21BrN2O3. The van der Waals surface area contributed by atoms with Crippen LogP contribution in [0.15, 0.2) is 47.1 Å². The summed E-state index contributed by atoms with van der Waals surface area (Å²) in [5, 5.41) is 14.3. The fourth-order valence-corrected chi connectivity index (χ4v) is 3.20. The molecule has 3 aromatic rings. The number of carbonyl (C=O) groups is 1. The molecule has 6 heteroatoms. The van der Waals surface area contributed by atoms with Crippen LogP contribution >= 0.6 is 15.9 Å². The number of fused-ring (bicyclic) bond motifs is 1. The molecule has 136 valence electrons. The maximum absolute atomic E-state index is 11.9. The molecule has 1 heterocycles. The number of nitrogens with zero attached hydrogens (tertiary/aromatic N) is 2. The summed E-state index contributed by atoms with van der Waals surface area (Å²) in [4.78, 5) is 11.9. The molecule has 2 aromatic carbocycles. The molecule has 0 fully saturated rings. The fourth-order valence-electron chi connectivity index (χ4n) is 2.79. The van der Waals surface area contributed by atoms with Crippen molar-refractivity contribution in [2.45, 2.75) is 20.4 Å². The topological polar surface area (TPSA) is 64.4 Å². The van der Waals surface area contributed by atoms with Crippen LogP contribution in [0.5, 0.6) is 5.75 Å². The Bertz CT molecular complexity index is 934. The molecule has 0 aliphatic heterocycles. The summed E-state index contributed by atoms with van der Waals surface area (Å²) < 4.78 is 8.75. The SMILES string of the molecule is CC(C)COc1ccc(Br)cc1Cn1ncc2c(C(=O)CO)cccc21. The number of carbonyl (C=O) groups excluding carboxylic acids is 1. The lowest BCUT2D eigenvalue weighted by Gasteiger charge is -2.14. The smallest absolute Gasteiger partial charge is 0.188 e. The molecule has 0 saturated carbocycles. The van der Waals surface area contributed by atoms with Crippen molar-refractivity contribution in [3.8, 4) is 5.75 Å². The first-order valence-corrected chi connectivity index (χ1v) is 9.28. The van der Waals surface area contributed by atoms with Crippen molar-refractivity contribution in [1.82, 2.24) is 9.78 Å². The predicted octanol–water partition coefficient (Wildman–Crippen LogP) is 4.06. The number of aromatic nitrogens is 2. The highest BCUT2D eigenvalue weighted by Crippen LogP contribution is 2.26. The van der Waals surface area contributed by atoms with Gasteiger partial charge >= 0.3 is 0 Å². The normalized spacial score (nSPS) is 11.3. The number of halogens is 1. The Labute approximate surface area is 160 Å². The Kier molecular flexibility index (Phi) is 5.74. The highest BCUT2D eigenvalue weighted by Gasteiger charge is 2.14. The summed E-state index contributed by atoms with van der Waals surface area (Å²) in [6.07, 6.45) is 1.67. The number of hydrogen-bond acceptors (Lipinski definition) is 4. The quantitative estimate of drug-likeness (QED) is 0.589. The number of Topliss-reactive ketones (excluding diaryl/α,β-unsaturated/α-hetero) is 1. The highest BCUT2D eigenvalue weighted by molar-refractivity contribution is 9.10. The van der Waals surface area contributed by atoms with Crippen LogP contribution in [0.4, 0.5) is 0 Å². The average Bonchev–Trinajstić information content (AvgIpc) is 3.03. The van der Waals surface area contributed by atoms with Gasteiger partial charge in [0, 0.05) is 21.0 Å². The summed E-state index contributed by atoms with van der Waals surface area (Å²) >= 11 is 3.51. The molecule has 0 aliphatic carbocycles. The maximum atomic E-state index is 11.9. The molecule has 26 heavy (non-hydrogen) atoms. The van der Waals surface area contributed by atoms with Crippen molar-refractivity contribution in [1.29, 1.82) is 0 Å². The van der Waals surface area contributed by atoms with E-state index in [0.717, 1.165) is 26.7 Å². The summed E-state index contributed by atoms with van der Waals surface area (Å²) in [5.41, 5.74) is 2.34. The van der Waals surface area contributed by atoms with Crippen LogP contribution in [-0.2, 0) is 6.54 Å². The van der Waals surface area contributed by atoms with Crippen LogP contribution in [0, 0.1) is 5.92 Å². The lowest BCUT2D eigenvalue weighted by molar-refractivity contribution is 0.0905.